The molecule has 5 atom stereocenters. The Bertz CT molecular complexity index is 222. The molecule has 2 unspecified atom stereocenters. The molecule has 1 fully saturated rings. The number of aliphatic hydroxyl groups excluding tert-OH is 4. The lowest BCUT2D eigenvalue weighted by atomic mass is 9.98. The van der Waals surface area contributed by atoms with E-state index < -0.39 is 36.6 Å². The Kier molecular flexibility index (Phi) is 3.40. The van der Waals surface area contributed by atoms with Crippen molar-refractivity contribution in [2.75, 3.05) is 7.05 Å². The van der Waals surface area contributed by atoms with E-state index in [0.717, 1.165) is 0 Å². The molecule has 1 rings (SSSR count). The third-order valence-electron chi connectivity index (χ3n) is 2.09. The van der Waals surface area contributed by atoms with Crippen LogP contribution in [-0.4, -0.2) is 64.1 Å². The van der Waals surface area contributed by atoms with Crippen molar-refractivity contribution in [1.82, 2.24) is 5.32 Å². The fourth-order valence-corrected chi connectivity index (χ4v) is 1.22. The minimum atomic E-state index is -1.68. The van der Waals surface area contributed by atoms with Gasteiger partial charge in [0, 0.05) is 7.05 Å². The average Bonchev–Trinajstić information content (AvgIpc) is 2.19. The van der Waals surface area contributed by atoms with Gasteiger partial charge in [-0.05, 0) is 0 Å². The van der Waals surface area contributed by atoms with E-state index in [1.54, 1.807) is 0 Å². The molecule has 0 aromatic heterocycles. The third kappa shape index (κ3) is 1.86. The summed E-state index contributed by atoms with van der Waals surface area (Å²) in [5.74, 6) is -0.678. The molecule has 1 amide bonds. The molecule has 7 nitrogen and oxygen atoms in total. The molecule has 0 saturated carbocycles. The van der Waals surface area contributed by atoms with Gasteiger partial charge in [-0.25, -0.2) is 0 Å². The zero-order valence-electron chi connectivity index (χ0n) is 7.49. The molecule has 1 heterocycles. The number of nitrogens with one attached hydrogen (secondary N) is 1. The van der Waals surface area contributed by atoms with Crippen LogP contribution < -0.4 is 5.32 Å². The molecule has 0 aliphatic carbocycles. The summed E-state index contributed by atoms with van der Waals surface area (Å²) in [5, 5.41) is 38.9. The quantitative estimate of drug-likeness (QED) is 0.305. The van der Waals surface area contributed by atoms with Crippen molar-refractivity contribution in [2.24, 2.45) is 0 Å². The van der Waals surface area contributed by atoms with Crippen molar-refractivity contribution in [2.45, 2.75) is 30.7 Å². The first-order valence-electron chi connectivity index (χ1n) is 4.08. The number of hydrogen-bond donors (Lipinski definition) is 5. The Morgan fingerprint density at radius 3 is 2.21 bits per heavy atom. The summed E-state index contributed by atoms with van der Waals surface area (Å²) in [7, 11) is 1.32. The zero-order valence-corrected chi connectivity index (χ0v) is 7.49. The summed E-state index contributed by atoms with van der Waals surface area (Å²) in [4.78, 5) is 11.1. The maximum atomic E-state index is 11.1. The van der Waals surface area contributed by atoms with Gasteiger partial charge in [0.2, 0.25) is 0 Å². The fourth-order valence-electron chi connectivity index (χ4n) is 1.22. The van der Waals surface area contributed by atoms with Gasteiger partial charge in [-0.15, -0.1) is 0 Å². The molecule has 0 spiro atoms. The van der Waals surface area contributed by atoms with Gasteiger partial charge in [-0.3, -0.25) is 4.79 Å². The molecule has 0 radical (unpaired) electrons. The van der Waals surface area contributed by atoms with Crippen LogP contribution in [0, 0.1) is 0 Å². The third-order valence-corrected chi connectivity index (χ3v) is 2.09. The van der Waals surface area contributed by atoms with Crippen LogP contribution in [0.2, 0.25) is 0 Å². The summed E-state index contributed by atoms with van der Waals surface area (Å²) in [6.07, 6.45) is -7.86. The molecular weight excluding hydrogens is 194 g/mol. The Hall–Kier alpha value is -0.730. The van der Waals surface area contributed by atoms with Crippen LogP contribution in [0.4, 0.5) is 0 Å². The summed E-state index contributed by atoms with van der Waals surface area (Å²) < 4.78 is 4.62. The molecule has 0 aromatic rings. The van der Waals surface area contributed by atoms with E-state index in [4.69, 9.17) is 10.2 Å². The van der Waals surface area contributed by atoms with Gasteiger partial charge in [0.05, 0.1) is 0 Å². The topological polar surface area (TPSA) is 119 Å². The van der Waals surface area contributed by atoms with Crippen LogP contribution in [-0.2, 0) is 9.53 Å². The monoisotopic (exact) mass is 207 g/mol. The van der Waals surface area contributed by atoms with Crippen molar-refractivity contribution >= 4 is 5.91 Å². The lowest BCUT2D eigenvalue weighted by molar-refractivity contribution is -0.275. The summed E-state index contributed by atoms with van der Waals surface area (Å²) in [5.41, 5.74) is 0. The Morgan fingerprint density at radius 2 is 1.71 bits per heavy atom. The van der Waals surface area contributed by atoms with Gasteiger partial charge in [0.15, 0.2) is 12.4 Å². The van der Waals surface area contributed by atoms with Crippen molar-refractivity contribution in [1.29, 1.82) is 0 Å². The Morgan fingerprint density at radius 1 is 1.14 bits per heavy atom. The SMILES string of the molecule is CNC(=O)C1O[C@@H](O)C(O)[C@@H](O)[C@H]1O. The van der Waals surface area contributed by atoms with Gasteiger partial charge in [0.25, 0.3) is 5.91 Å². The molecule has 5 N–H and O–H groups in total. The van der Waals surface area contributed by atoms with Crippen molar-refractivity contribution < 1.29 is 30.0 Å². The zero-order chi connectivity index (χ0) is 10.9. The first kappa shape index (κ1) is 11.3. The van der Waals surface area contributed by atoms with E-state index in [2.05, 4.69) is 10.1 Å². The predicted octanol–water partition coefficient (Wildman–Crippen LogP) is -3.47. The standard InChI is InChI=1S/C7H13NO6/c1-8-6(12)5-3(10)2(9)4(11)7(13)14-5/h2-5,7,9-11,13H,1H3,(H,8,12)/t2-,3+,4?,5?,7+/m0/s1. The largest absolute Gasteiger partial charge is 0.387 e. The van der Waals surface area contributed by atoms with Gasteiger partial charge in [0.1, 0.15) is 18.3 Å². The molecule has 1 saturated heterocycles. The molecule has 0 bridgehead atoms. The average molecular weight is 207 g/mol. The highest BCUT2D eigenvalue weighted by atomic mass is 16.6. The number of likely N-dealkylation sites (N-methyl/N-ethyl adjacent to an activating group) is 1. The van der Waals surface area contributed by atoms with Crippen LogP contribution in [0.25, 0.3) is 0 Å². The number of rotatable bonds is 1. The summed E-state index contributed by atoms with van der Waals surface area (Å²) in [6.45, 7) is 0. The number of carbonyl (C=O) groups is 1. The van der Waals surface area contributed by atoms with E-state index >= 15 is 0 Å². The molecule has 82 valence electrons. The maximum absolute atomic E-state index is 11.1. The molecule has 14 heavy (non-hydrogen) atoms. The summed E-state index contributed by atoms with van der Waals surface area (Å²) >= 11 is 0. The fraction of sp³-hybridized carbons (Fsp3) is 0.857. The van der Waals surface area contributed by atoms with E-state index in [1.165, 1.54) is 7.05 Å². The van der Waals surface area contributed by atoms with Crippen molar-refractivity contribution in [3.05, 3.63) is 0 Å². The first-order valence-corrected chi connectivity index (χ1v) is 4.08. The van der Waals surface area contributed by atoms with E-state index in [-0.39, 0.29) is 0 Å². The van der Waals surface area contributed by atoms with Crippen molar-refractivity contribution in [3.8, 4) is 0 Å². The number of carbonyl (C=O) groups excluding carboxylic acids is 1. The number of amides is 1. The predicted molar refractivity (Wildman–Crippen MR) is 43.0 cm³/mol. The first-order chi connectivity index (χ1) is 6.49. The van der Waals surface area contributed by atoms with E-state index in [9.17, 15) is 15.0 Å². The molecular formula is C7H13NO6. The van der Waals surface area contributed by atoms with Gasteiger partial charge < -0.3 is 30.5 Å². The lowest BCUT2D eigenvalue weighted by Crippen LogP contribution is -2.61. The second kappa shape index (κ2) is 4.20. The van der Waals surface area contributed by atoms with Crippen LogP contribution in [0.1, 0.15) is 0 Å². The highest BCUT2D eigenvalue weighted by Crippen LogP contribution is 2.19. The van der Waals surface area contributed by atoms with E-state index in [1.807, 2.05) is 0 Å². The Balaban J connectivity index is 2.75. The molecule has 1 aliphatic rings. The lowest BCUT2D eigenvalue weighted by Gasteiger charge is -2.37. The number of hydrogen-bond acceptors (Lipinski definition) is 6. The summed E-state index contributed by atoms with van der Waals surface area (Å²) in [6, 6.07) is 0. The maximum Gasteiger partial charge on any atom is 0.251 e. The van der Waals surface area contributed by atoms with Crippen LogP contribution in [0.3, 0.4) is 0 Å². The second-order valence-corrected chi connectivity index (χ2v) is 3.03. The smallest absolute Gasteiger partial charge is 0.251 e. The minimum Gasteiger partial charge on any atom is -0.387 e. The van der Waals surface area contributed by atoms with Crippen LogP contribution in [0.15, 0.2) is 0 Å². The highest BCUT2D eigenvalue weighted by molar-refractivity contribution is 5.81. The van der Waals surface area contributed by atoms with Gasteiger partial charge >= 0.3 is 0 Å². The van der Waals surface area contributed by atoms with Gasteiger partial charge in [-0.1, -0.05) is 0 Å². The highest BCUT2D eigenvalue weighted by Gasteiger charge is 2.45. The molecule has 1 aliphatic heterocycles. The Labute approximate surface area is 79.9 Å². The molecule has 7 heteroatoms. The number of ether oxygens (including phenoxy) is 1. The minimum absolute atomic E-state index is 0.678. The van der Waals surface area contributed by atoms with Crippen molar-refractivity contribution in [3.63, 3.8) is 0 Å². The second-order valence-electron chi connectivity index (χ2n) is 3.03. The van der Waals surface area contributed by atoms with Crippen LogP contribution >= 0.6 is 0 Å². The number of aliphatic hydroxyl groups is 4. The van der Waals surface area contributed by atoms with Gasteiger partial charge in [-0.2, -0.15) is 0 Å². The van der Waals surface area contributed by atoms with E-state index in [0.29, 0.717) is 0 Å². The normalized spacial score (nSPS) is 43.4. The van der Waals surface area contributed by atoms with Crippen LogP contribution in [0.5, 0.6) is 0 Å². The molecule has 0 aromatic carbocycles.